The maximum absolute atomic E-state index is 12.8. The largest absolute Gasteiger partial charge is 0.401 e. The van der Waals surface area contributed by atoms with Crippen molar-refractivity contribution in [3.8, 4) is 0 Å². The summed E-state index contributed by atoms with van der Waals surface area (Å²) in [4.78, 5) is 27.0. The molecule has 1 heterocycles. The average molecular weight is 389 g/mol. The number of alkyl halides is 3. The van der Waals surface area contributed by atoms with Crippen molar-refractivity contribution in [3.63, 3.8) is 0 Å². The van der Waals surface area contributed by atoms with Crippen LogP contribution in [0.2, 0.25) is 0 Å². The van der Waals surface area contributed by atoms with Crippen LogP contribution in [-0.4, -0.2) is 67.1 Å². The molecule has 0 atom stereocenters. The first-order valence-corrected chi connectivity index (χ1v) is 8.85. The molecule has 0 bridgehead atoms. The van der Waals surface area contributed by atoms with Gasteiger partial charge in [-0.2, -0.15) is 13.2 Å². The molecule has 0 unspecified atom stereocenters. The Hall–Kier alpha value is -2.16. The molecule has 150 valence electrons. The fraction of sp³-hybridized carbons (Fsp3) is 0.556. The lowest BCUT2D eigenvalue weighted by molar-refractivity contribution is -0.145. The summed E-state index contributed by atoms with van der Waals surface area (Å²) in [5, 5.41) is 2.66. The number of rotatable bonds is 6. The van der Waals surface area contributed by atoms with E-state index in [1.54, 1.807) is 4.90 Å². The Balaban J connectivity index is 1.68. The predicted octanol–water partition coefficient (Wildman–Crippen LogP) is 2.43. The zero-order valence-electron chi connectivity index (χ0n) is 14.9. The Bertz CT molecular complexity index is 634. The molecule has 0 radical (unpaired) electrons. The highest BCUT2D eigenvalue weighted by Crippen LogP contribution is 2.17. The van der Waals surface area contributed by atoms with Crippen LogP contribution in [0.1, 0.15) is 29.6 Å². The first kappa shape index (κ1) is 21.1. The predicted molar refractivity (Wildman–Crippen MR) is 91.7 cm³/mol. The second-order valence-electron chi connectivity index (χ2n) is 6.49. The maximum Gasteiger partial charge on any atom is 0.401 e. The van der Waals surface area contributed by atoms with Crippen LogP contribution >= 0.6 is 0 Å². The van der Waals surface area contributed by atoms with E-state index in [1.807, 2.05) is 0 Å². The number of nitrogens with one attached hydrogen (secondary N) is 1. The lowest BCUT2D eigenvalue weighted by Crippen LogP contribution is -2.38. The van der Waals surface area contributed by atoms with E-state index in [9.17, 15) is 27.2 Å². The molecule has 0 saturated carbocycles. The summed E-state index contributed by atoms with van der Waals surface area (Å²) >= 11 is 0. The van der Waals surface area contributed by atoms with Crippen LogP contribution in [0.25, 0.3) is 0 Å². The average Bonchev–Trinajstić information content (AvgIpc) is 2.83. The molecule has 1 aliphatic heterocycles. The molecule has 0 spiro atoms. The van der Waals surface area contributed by atoms with Crippen LogP contribution in [0.4, 0.5) is 17.6 Å². The summed E-state index contributed by atoms with van der Waals surface area (Å²) < 4.78 is 50.2. The highest BCUT2D eigenvalue weighted by Gasteiger charge is 2.31. The van der Waals surface area contributed by atoms with Crippen molar-refractivity contribution >= 4 is 11.8 Å². The summed E-state index contributed by atoms with van der Waals surface area (Å²) in [6.45, 7) is 0.565. The first-order valence-electron chi connectivity index (χ1n) is 8.85. The Morgan fingerprint density at radius 1 is 1.04 bits per heavy atom. The number of benzene rings is 1. The van der Waals surface area contributed by atoms with Crippen LogP contribution in [-0.2, 0) is 4.79 Å². The lowest BCUT2D eigenvalue weighted by Gasteiger charge is -2.22. The minimum Gasteiger partial charge on any atom is -0.352 e. The topological polar surface area (TPSA) is 52.7 Å². The van der Waals surface area contributed by atoms with Crippen molar-refractivity contribution in [1.82, 2.24) is 15.1 Å². The van der Waals surface area contributed by atoms with Crippen molar-refractivity contribution in [2.75, 3.05) is 39.3 Å². The molecule has 0 aliphatic carbocycles. The fourth-order valence-corrected chi connectivity index (χ4v) is 2.93. The van der Waals surface area contributed by atoms with Gasteiger partial charge in [0.25, 0.3) is 5.91 Å². The normalized spacial score (nSPS) is 16.1. The van der Waals surface area contributed by atoms with E-state index in [1.165, 1.54) is 29.2 Å². The van der Waals surface area contributed by atoms with E-state index in [-0.39, 0.29) is 37.9 Å². The molecular weight excluding hydrogens is 366 g/mol. The van der Waals surface area contributed by atoms with Gasteiger partial charge >= 0.3 is 6.18 Å². The molecule has 1 fully saturated rings. The quantitative estimate of drug-likeness (QED) is 0.601. The Morgan fingerprint density at radius 2 is 1.74 bits per heavy atom. The van der Waals surface area contributed by atoms with E-state index >= 15 is 0 Å². The van der Waals surface area contributed by atoms with Gasteiger partial charge in [-0.05, 0) is 37.1 Å². The van der Waals surface area contributed by atoms with E-state index in [0.717, 1.165) is 0 Å². The van der Waals surface area contributed by atoms with Gasteiger partial charge in [0.05, 0.1) is 6.54 Å². The zero-order valence-corrected chi connectivity index (χ0v) is 14.9. The molecule has 27 heavy (non-hydrogen) atoms. The number of carbonyl (C=O) groups is 2. The molecular formula is C18H23F4N3O2. The minimum absolute atomic E-state index is 0.125. The monoisotopic (exact) mass is 389 g/mol. The molecule has 2 rings (SSSR count). The third kappa shape index (κ3) is 7.54. The van der Waals surface area contributed by atoms with Gasteiger partial charge in [-0.3, -0.25) is 14.5 Å². The van der Waals surface area contributed by atoms with Crippen LogP contribution in [0.15, 0.2) is 24.3 Å². The van der Waals surface area contributed by atoms with Crippen LogP contribution < -0.4 is 5.32 Å². The summed E-state index contributed by atoms with van der Waals surface area (Å²) in [7, 11) is 0. The van der Waals surface area contributed by atoms with E-state index < -0.39 is 18.5 Å². The minimum atomic E-state index is -4.23. The standard InChI is InChI=1S/C18H23F4N3O2/c19-15-6-4-14(5-7-15)17(27)23-8-1-3-16(26)25-10-2-9-24(11-12-25)13-18(20,21)22/h4-7H,1-3,8-13H2,(H,23,27). The van der Waals surface area contributed by atoms with Gasteiger partial charge in [-0.1, -0.05) is 0 Å². The number of amides is 2. The van der Waals surface area contributed by atoms with Crippen molar-refractivity contribution in [2.45, 2.75) is 25.4 Å². The summed E-state index contributed by atoms with van der Waals surface area (Å²) in [6.07, 6.45) is -3.09. The van der Waals surface area contributed by atoms with Gasteiger partial charge in [0, 0.05) is 44.7 Å². The molecule has 1 aliphatic rings. The third-order valence-electron chi connectivity index (χ3n) is 4.30. The highest BCUT2D eigenvalue weighted by atomic mass is 19.4. The maximum atomic E-state index is 12.8. The van der Waals surface area contributed by atoms with Gasteiger partial charge in [0.15, 0.2) is 0 Å². The molecule has 1 N–H and O–H groups in total. The van der Waals surface area contributed by atoms with Gasteiger partial charge in [-0.15, -0.1) is 0 Å². The second-order valence-corrected chi connectivity index (χ2v) is 6.49. The molecule has 1 aromatic carbocycles. The van der Waals surface area contributed by atoms with Crippen molar-refractivity contribution < 1.29 is 27.2 Å². The zero-order chi connectivity index (χ0) is 19.9. The van der Waals surface area contributed by atoms with Crippen molar-refractivity contribution in [1.29, 1.82) is 0 Å². The number of nitrogens with zero attached hydrogens (tertiary/aromatic N) is 2. The number of carbonyl (C=O) groups excluding carboxylic acids is 2. The van der Waals surface area contributed by atoms with Gasteiger partial charge < -0.3 is 10.2 Å². The smallest absolute Gasteiger partial charge is 0.352 e. The number of hydrogen-bond acceptors (Lipinski definition) is 3. The Morgan fingerprint density at radius 3 is 2.41 bits per heavy atom. The first-order chi connectivity index (χ1) is 12.7. The molecule has 2 amide bonds. The highest BCUT2D eigenvalue weighted by molar-refractivity contribution is 5.94. The number of hydrogen-bond donors (Lipinski definition) is 1. The van der Waals surface area contributed by atoms with Crippen molar-refractivity contribution in [3.05, 3.63) is 35.6 Å². The van der Waals surface area contributed by atoms with Gasteiger partial charge in [-0.25, -0.2) is 4.39 Å². The summed E-state index contributed by atoms with van der Waals surface area (Å²) in [6, 6.07) is 5.14. The number of halogens is 4. The van der Waals surface area contributed by atoms with Crippen LogP contribution in [0.3, 0.4) is 0 Å². The lowest BCUT2D eigenvalue weighted by atomic mass is 10.2. The van der Waals surface area contributed by atoms with Crippen LogP contribution in [0.5, 0.6) is 0 Å². The fourth-order valence-electron chi connectivity index (χ4n) is 2.93. The Labute approximate surface area is 155 Å². The van der Waals surface area contributed by atoms with E-state index in [0.29, 0.717) is 31.5 Å². The van der Waals surface area contributed by atoms with Crippen LogP contribution in [0, 0.1) is 5.82 Å². The van der Waals surface area contributed by atoms with Gasteiger partial charge in [0.2, 0.25) is 5.91 Å². The molecule has 0 aromatic heterocycles. The molecule has 9 heteroatoms. The summed E-state index contributed by atoms with van der Waals surface area (Å²) in [5.74, 6) is -0.900. The molecule has 5 nitrogen and oxygen atoms in total. The van der Waals surface area contributed by atoms with Gasteiger partial charge in [0.1, 0.15) is 5.82 Å². The second kappa shape index (κ2) is 9.68. The van der Waals surface area contributed by atoms with Crippen molar-refractivity contribution in [2.24, 2.45) is 0 Å². The Kier molecular flexibility index (Phi) is 7.58. The third-order valence-corrected chi connectivity index (χ3v) is 4.30. The van der Waals surface area contributed by atoms with E-state index in [4.69, 9.17) is 0 Å². The molecule has 1 saturated heterocycles. The molecule has 1 aromatic rings. The summed E-state index contributed by atoms with van der Waals surface area (Å²) in [5.41, 5.74) is 0.333. The van der Waals surface area contributed by atoms with E-state index in [2.05, 4.69) is 5.32 Å². The SMILES string of the molecule is O=C(NCCCC(=O)N1CCCN(CC(F)(F)F)CC1)c1ccc(F)cc1.